The number of rotatable bonds is 5. The first kappa shape index (κ1) is 45.9. The monoisotopic (exact) mass is 985 g/mol. The molecule has 14 rings (SSSR count). The topological polar surface area (TPSA) is 71.8 Å². The smallest absolute Gasteiger partial charge is 0.344 e. The fraction of sp³-hybridized carbons (Fsp3) is 0.294. The van der Waals surface area contributed by atoms with E-state index in [1.807, 2.05) is 0 Å². The van der Waals surface area contributed by atoms with Crippen LogP contribution in [0.4, 0.5) is 11.4 Å². The molecule has 7 nitrogen and oxygen atoms in total. The highest BCUT2D eigenvalue weighted by molar-refractivity contribution is 6.12. The Morgan fingerprint density at radius 3 is 1.19 bits per heavy atom. The first-order valence-corrected chi connectivity index (χ1v) is 27.1. The molecular formula is C68H63N3O4. The molecule has 7 heterocycles. The van der Waals surface area contributed by atoms with Crippen LogP contribution in [0.5, 0.6) is 0 Å². The minimum absolute atomic E-state index is 0.0245. The molecule has 75 heavy (non-hydrogen) atoms. The van der Waals surface area contributed by atoms with E-state index < -0.39 is 0 Å². The van der Waals surface area contributed by atoms with Crippen LogP contribution in [-0.2, 0) is 21.7 Å². The van der Waals surface area contributed by atoms with Crippen LogP contribution < -0.4 is 21.1 Å². The van der Waals surface area contributed by atoms with Crippen molar-refractivity contribution in [3.8, 4) is 50.2 Å². The molecule has 3 aromatic heterocycles. The molecule has 4 aliphatic heterocycles. The lowest BCUT2D eigenvalue weighted by Crippen LogP contribution is -2.44. The van der Waals surface area contributed by atoms with Crippen LogP contribution in [0.3, 0.4) is 0 Å². The van der Waals surface area contributed by atoms with Gasteiger partial charge >= 0.3 is 11.3 Å². The summed E-state index contributed by atoms with van der Waals surface area (Å²) in [7, 11) is 0. The third kappa shape index (κ3) is 6.99. The molecule has 0 saturated carbocycles. The lowest BCUT2D eigenvalue weighted by molar-refractivity contribution is 0.398. The van der Waals surface area contributed by atoms with Gasteiger partial charge in [0.2, 0.25) is 0 Å². The van der Waals surface area contributed by atoms with Gasteiger partial charge in [-0.1, -0.05) is 134 Å². The molecule has 4 aliphatic rings. The van der Waals surface area contributed by atoms with Gasteiger partial charge in [-0.05, 0) is 153 Å². The number of hydrogen-bond donors (Lipinski definition) is 0. The van der Waals surface area contributed by atoms with Crippen molar-refractivity contribution < 1.29 is 8.83 Å². The van der Waals surface area contributed by atoms with Crippen molar-refractivity contribution in [3.05, 3.63) is 183 Å². The zero-order valence-electron chi connectivity index (χ0n) is 44.4. The summed E-state index contributed by atoms with van der Waals surface area (Å²) in [6.07, 6.45) is 4.24. The van der Waals surface area contributed by atoms with Gasteiger partial charge in [0.15, 0.2) is 0 Å². The number of aromatic nitrogens is 1. The van der Waals surface area contributed by atoms with Crippen LogP contribution in [0.25, 0.3) is 93.9 Å². The van der Waals surface area contributed by atoms with E-state index in [0.717, 1.165) is 135 Å². The summed E-state index contributed by atoms with van der Waals surface area (Å²) < 4.78 is 15.1. The molecule has 10 aromatic rings. The van der Waals surface area contributed by atoms with Gasteiger partial charge in [0.05, 0.1) is 22.2 Å². The zero-order chi connectivity index (χ0) is 51.5. The van der Waals surface area contributed by atoms with Crippen molar-refractivity contribution in [2.75, 3.05) is 36.0 Å². The Hall–Kier alpha value is -7.64. The van der Waals surface area contributed by atoms with Gasteiger partial charge in [0.1, 0.15) is 11.2 Å². The van der Waals surface area contributed by atoms with Crippen LogP contribution >= 0.6 is 0 Å². The van der Waals surface area contributed by atoms with Crippen molar-refractivity contribution in [2.24, 2.45) is 0 Å². The van der Waals surface area contributed by atoms with E-state index in [1.54, 1.807) is 0 Å². The van der Waals surface area contributed by atoms with E-state index in [2.05, 4.69) is 209 Å². The predicted molar refractivity (Wildman–Crippen MR) is 310 cm³/mol. The first-order chi connectivity index (χ1) is 35.9. The lowest BCUT2D eigenvalue weighted by Gasteiger charge is -2.48. The van der Waals surface area contributed by atoms with Gasteiger partial charge in [-0.2, -0.15) is 0 Å². The molecule has 0 bridgehead atoms. The minimum Gasteiger partial charge on any atom is -0.422 e. The Bertz CT molecular complexity index is 3920. The second-order valence-electron chi connectivity index (χ2n) is 24.8. The summed E-state index contributed by atoms with van der Waals surface area (Å²) in [4.78, 5) is 33.1. The normalized spacial score (nSPS) is 17.9. The molecule has 0 spiro atoms. The molecule has 7 heteroatoms. The molecule has 0 N–H and O–H groups in total. The van der Waals surface area contributed by atoms with Crippen molar-refractivity contribution in [2.45, 2.75) is 103 Å². The second kappa shape index (κ2) is 15.9. The fourth-order valence-electron chi connectivity index (χ4n) is 13.6. The molecule has 0 fully saturated rings. The fourth-order valence-corrected chi connectivity index (χ4v) is 13.6. The zero-order valence-corrected chi connectivity index (χ0v) is 44.4. The Morgan fingerprint density at radius 2 is 0.773 bits per heavy atom. The van der Waals surface area contributed by atoms with Crippen LogP contribution in [0.2, 0.25) is 0 Å². The Kier molecular flexibility index (Phi) is 9.76. The summed E-state index contributed by atoms with van der Waals surface area (Å²) in [5.74, 6) is 0. The second-order valence-corrected chi connectivity index (χ2v) is 24.8. The van der Waals surface area contributed by atoms with E-state index in [0.29, 0.717) is 11.1 Å². The lowest BCUT2D eigenvalue weighted by atomic mass is 9.69. The predicted octanol–water partition coefficient (Wildman–Crippen LogP) is 16.0. The molecule has 7 aromatic carbocycles. The van der Waals surface area contributed by atoms with Crippen LogP contribution in [0.15, 0.2) is 158 Å². The van der Waals surface area contributed by atoms with Crippen molar-refractivity contribution in [1.82, 2.24) is 4.57 Å². The minimum atomic E-state index is -0.304. The van der Waals surface area contributed by atoms with E-state index in [1.165, 1.54) is 33.6 Å². The number of fused-ring (bicyclic) bond motifs is 7. The van der Waals surface area contributed by atoms with Gasteiger partial charge in [0.25, 0.3) is 0 Å². The summed E-state index contributed by atoms with van der Waals surface area (Å²) in [5.41, 5.74) is 18.8. The van der Waals surface area contributed by atoms with E-state index in [4.69, 9.17) is 8.83 Å². The number of hydrogen-bond acceptors (Lipinski definition) is 6. The third-order valence-electron chi connectivity index (χ3n) is 18.3. The van der Waals surface area contributed by atoms with Gasteiger partial charge in [-0.3, -0.25) is 0 Å². The average molecular weight is 986 g/mol. The van der Waals surface area contributed by atoms with Crippen LogP contribution in [0, 0.1) is 0 Å². The molecule has 0 amide bonds. The molecule has 0 unspecified atom stereocenters. The number of nitrogens with zero attached hydrogens (tertiary/aromatic N) is 3. The summed E-state index contributed by atoms with van der Waals surface area (Å²) in [6.45, 7) is 22.7. The van der Waals surface area contributed by atoms with Crippen molar-refractivity contribution >= 4 is 55.1 Å². The maximum absolute atomic E-state index is 14.0. The van der Waals surface area contributed by atoms with E-state index >= 15 is 0 Å². The Labute approximate surface area is 438 Å². The van der Waals surface area contributed by atoms with E-state index in [-0.39, 0.29) is 32.9 Å². The number of benzene rings is 7. The van der Waals surface area contributed by atoms with Crippen molar-refractivity contribution in [3.63, 3.8) is 0 Å². The van der Waals surface area contributed by atoms with Crippen LogP contribution in [0.1, 0.15) is 103 Å². The molecule has 0 aliphatic carbocycles. The molecule has 0 saturated heterocycles. The Balaban J connectivity index is 0.828. The molecule has 0 atom stereocenters. The first-order valence-electron chi connectivity index (χ1n) is 27.1. The highest BCUT2D eigenvalue weighted by Gasteiger charge is 2.44. The third-order valence-corrected chi connectivity index (χ3v) is 18.3. The summed E-state index contributed by atoms with van der Waals surface area (Å²) in [6, 6.07) is 49.5. The maximum atomic E-state index is 14.0. The molecule has 374 valence electrons. The van der Waals surface area contributed by atoms with E-state index in [9.17, 15) is 9.59 Å². The number of anilines is 2. The Morgan fingerprint density at radius 1 is 0.400 bits per heavy atom. The molecular weight excluding hydrogens is 923 g/mol. The summed E-state index contributed by atoms with van der Waals surface area (Å²) in [5, 5.41) is 4.27. The van der Waals surface area contributed by atoms with Gasteiger partial charge in [-0.25, -0.2) is 9.59 Å². The standard InChI is InChI=1S/C68H63N3O4/c1-65(2)26-30-69-32-28-67(5,6)57-59(69)53(65)38-46-36-49(63(72)74-61(46)57)42-18-14-40(15-19-42)44-22-24-55-51(34-44)52-35-45(23-25-56(52)71(55)48-12-10-9-11-13-48)41-16-20-43(21-17-41)50-37-47-39-54-60-58(62(47)75-64(50)73)68(7,8)29-33-70(60)31-27-66(54,3)4/h9-25,34-39H,26-33H2,1-8H3. The van der Waals surface area contributed by atoms with Gasteiger partial charge in [0, 0.05) is 75.9 Å². The molecule has 0 radical (unpaired) electrons. The number of para-hydroxylation sites is 1. The maximum Gasteiger partial charge on any atom is 0.344 e. The quantitative estimate of drug-likeness (QED) is 0.160. The van der Waals surface area contributed by atoms with Crippen molar-refractivity contribution in [1.29, 1.82) is 0 Å². The summed E-state index contributed by atoms with van der Waals surface area (Å²) >= 11 is 0. The highest BCUT2D eigenvalue weighted by atomic mass is 16.4. The largest absolute Gasteiger partial charge is 0.422 e. The average Bonchev–Trinajstić information content (AvgIpc) is 3.77. The SMILES string of the molecule is CC1(C)CCN2CCC(C)(C)c3c2c1cc1cc(-c2ccc(-c4ccc5c(c4)c4cc(-c6ccc(-c7cc8cc9c%10c(c8oc7=O)C(C)(C)CCN%10CCC9(C)C)cc6)ccc4n5-c4ccccc4)cc2)c(=O)oc31. The highest BCUT2D eigenvalue weighted by Crippen LogP contribution is 2.54. The van der Waals surface area contributed by atoms with Gasteiger partial charge < -0.3 is 23.2 Å². The van der Waals surface area contributed by atoms with Gasteiger partial charge in [-0.15, -0.1) is 0 Å². The van der Waals surface area contributed by atoms with Crippen LogP contribution in [-0.4, -0.2) is 30.7 Å².